The first-order chi connectivity index (χ1) is 26.5. The Bertz CT molecular complexity index is 900. The summed E-state index contributed by atoms with van der Waals surface area (Å²) in [5.41, 5.74) is 0. The van der Waals surface area contributed by atoms with Crippen molar-refractivity contribution in [2.75, 3.05) is 6.61 Å². The Morgan fingerprint density at radius 1 is 0.556 bits per heavy atom. The van der Waals surface area contributed by atoms with Crippen molar-refractivity contribution in [3.05, 3.63) is 36.5 Å². The van der Waals surface area contributed by atoms with Gasteiger partial charge in [0.05, 0.1) is 25.2 Å². The van der Waals surface area contributed by atoms with Crippen molar-refractivity contribution in [3.63, 3.8) is 0 Å². The quantitative estimate of drug-likeness (QED) is 0.0328. The topological polar surface area (TPSA) is 95.9 Å². The van der Waals surface area contributed by atoms with Crippen LogP contribution in [0.2, 0.25) is 0 Å². The number of carbonyl (C=O) groups is 2. The van der Waals surface area contributed by atoms with Crippen LogP contribution in [0, 0.1) is 0 Å². The normalized spacial score (nSPS) is 13.6. The number of carbonyl (C=O) groups excluding carboxylic acids is 2. The monoisotopic (exact) mass is 760 g/mol. The lowest BCUT2D eigenvalue weighted by molar-refractivity contribution is -0.151. The summed E-state index contributed by atoms with van der Waals surface area (Å²) < 4.78 is 5.86. The summed E-state index contributed by atoms with van der Waals surface area (Å²) >= 11 is 0. The first-order valence-corrected chi connectivity index (χ1v) is 23.2. The van der Waals surface area contributed by atoms with Crippen LogP contribution in [0.5, 0.6) is 0 Å². The molecule has 0 rings (SSSR count). The molecule has 316 valence electrons. The van der Waals surface area contributed by atoms with Gasteiger partial charge in [0.2, 0.25) is 5.91 Å². The van der Waals surface area contributed by atoms with Crippen LogP contribution in [0.3, 0.4) is 0 Å². The number of unbranched alkanes of at least 4 members (excludes halogenated alkanes) is 25. The van der Waals surface area contributed by atoms with E-state index in [2.05, 4.69) is 62.5 Å². The number of amides is 1. The fraction of sp³-hybridized carbons (Fsp3) is 0.833. The summed E-state index contributed by atoms with van der Waals surface area (Å²) in [5, 5.41) is 23.6. The second-order valence-electron chi connectivity index (χ2n) is 15.8. The molecule has 0 aromatic heterocycles. The van der Waals surface area contributed by atoms with Crippen LogP contribution in [0.25, 0.3) is 0 Å². The van der Waals surface area contributed by atoms with E-state index in [-0.39, 0.29) is 24.9 Å². The van der Waals surface area contributed by atoms with E-state index in [0.29, 0.717) is 19.3 Å². The van der Waals surface area contributed by atoms with Crippen LogP contribution < -0.4 is 5.32 Å². The molecule has 0 aliphatic rings. The van der Waals surface area contributed by atoms with E-state index in [1.165, 1.54) is 109 Å². The number of hydrogen-bond donors (Lipinski definition) is 3. The molecule has 54 heavy (non-hydrogen) atoms. The SMILES string of the molecule is CC/C=C/C=C/C=C\CCCCCCCC(=O)OC(CCCCCCCCC)CC(=O)NC(CO)C(O)CCCCCCCCCCCCCCCCC. The third-order valence-corrected chi connectivity index (χ3v) is 10.5. The van der Waals surface area contributed by atoms with Gasteiger partial charge in [-0.2, -0.15) is 0 Å². The molecule has 0 saturated heterocycles. The van der Waals surface area contributed by atoms with Crippen molar-refractivity contribution in [1.82, 2.24) is 5.32 Å². The van der Waals surface area contributed by atoms with Gasteiger partial charge in [-0.3, -0.25) is 9.59 Å². The molecule has 6 heteroatoms. The lowest BCUT2D eigenvalue weighted by Gasteiger charge is -2.24. The molecule has 0 fully saturated rings. The maximum absolute atomic E-state index is 13.1. The molecule has 0 aromatic carbocycles. The summed E-state index contributed by atoms with van der Waals surface area (Å²) in [6, 6.07) is -0.700. The minimum Gasteiger partial charge on any atom is -0.462 e. The van der Waals surface area contributed by atoms with E-state index in [0.717, 1.165) is 77.0 Å². The molecule has 0 heterocycles. The van der Waals surface area contributed by atoms with Gasteiger partial charge in [-0.25, -0.2) is 0 Å². The third kappa shape index (κ3) is 37.0. The number of hydrogen-bond acceptors (Lipinski definition) is 5. The molecule has 0 saturated carbocycles. The maximum Gasteiger partial charge on any atom is 0.306 e. The first kappa shape index (κ1) is 52.1. The highest BCUT2D eigenvalue weighted by molar-refractivity contribution is 5.77. The first-order valence-electron chi connectivity index (χ1n) is 23.2. The van der Waals surface area contributed by atoms with Crippen molar-refractivity contribution < 1.29 is 24.5 Å². The zero-order chi connectivity index (χ0) is 39.6. The number of rotatable bonds is 41. The Morgan fingerprint density at radius 2 is 1.00 bits per heavy atom. The molecular formula is C48H89NO5. The van der Waals surface area contributed by atoms with E-state index >= 15 is 0 Å². The number of allylic oxidation sites excluding steroid dienone is 6. The minimum absolute atomic E-state index is 0.0708. The van der Waals surface area contributed by atoms with Gasteiger partial charge < -0.3 is 20.3 Å². The molecule has 3 unspecified atom stereocenters. The molecule has 0 bridgehead atoms. The molecule has 3 N–H and O–H groups in total. The predicted molar refractivity (Wildman–Crippen MR) is 232 cm³/mol. The van der Waals surface area contributed by atoms with Crippen molar-refractivity contribution in [2.24, 2.45) is 0 Å². The Balaban J connectivity index is 4.41. The van der Waals surface area contributed by atoms with Gasteiger partial charge >= 0.3 is 5.97 Å². The van der Waals surface area contributed by atoms with Gasteiger partial charge in [-0.1, -0.05) is 211 Å². The van der Waals surface area contributed by atoms with Crippen LogP contribution in [-0.2, 0) is 14.3 Å². The number of aliphatic hydroxyl groups excluding tert-OH is 2. The molecule has 0 aliphatic carbocycles. The van der Waals surface area contributed by atoms with Gasteiger partial charge in [0, 0.05) is 6.42 Å². The third-order valence-electron chi connectivity index (χ3n) is 10.5. The van der Waals surface area contributed by atoms with E-state index in [1.807, 2.05) is 0 Å². The molecule has 0 aromatic rings. The fourth-order valence-corrected chi connectivity index (χ4v) is 7.02. The predicted octanol–water partition coefficient (Wildman–Crippen LogP) is 13.3. The number of aliphatic hydroxyl groups is 2. The van der Waals surface area contributed by atoms with Crippen LogP contribution >= 0.6 is 0 Å². The Hall–Kier alpha value is -1.92. The molecule has 6 nitrogen and oxygen atoms in total. The lowest BCUT2D eigenvalue weighted by Crippen LogP contribution is -2.46. The second kappa shape index (κ2) is 42.2. The maximum atomic E-state index is 13.1. The summed E-state index contributed by atoms with van der Waals surface area (Å²) in [6.45, 7) is 6.31. The van der Waals surface area contributed by atoms with Crippen molar-refractivity contribution in [1.29, 1.82) is 0 Å². The second-order valence-corrected chi connectivity index (χ2v) is 15.8. The molecule has 3 atom stereocenters. The largest absolute Gasteiger partial charge is 0.462 e. The van der Waals surface area contributed by atoms with Gasteiger partial charge in [0.25, 0.3) is 0 Å². The lowest BCUT2D eigenvalue weighted by atomic mass is 10.0. The standard InChI is InChI=1S/C48H89NO5/c1-4-7-10-13-16-18-20-22-23-25-26-28-31-34-37-40-46(51)45(43-50)49-47(52)42-44(39-36-33-30-15-12-9-6-3)54-48(53)41-38-35-32-29-27-24-21-19-17-14-11-8-5-2/h8,11,14,17,19,21,44-46,50-51H,4-7,9-10,12-13,15-16,18,20,22-43H2,1-3H3,(H,49,52)/b11-8+,17-14+,21-19-. The number of nitrogens with one attached hydrogen (secondary N) is 1. The number of ether oxygens (including phenoxy) is 1. The van der Waals surface area contributed by atoms with E-state index in [1.54, 1.807) is 0 Å². The van der Waals surface area contributed by atoms with Crippen LogP contribution in [0.4, 0.5) is 0 Å². The Kier molecular flexibility index (Phi) is 40.7. The van der Waals surface area contributed by atoms with Gasteiger partial charge in [-0.15, -0.1) is 0 Å². The molecule has 0 spiro atoms. The summed E-state index contributed by atoms with van der Waals surface area (Å²) in [7, 11) is 0. The smallest absolute Gasteiger partial charge is 0.306 e. The molecule has 1 amide bonds. The Morgan fingerprint density at radius 3 is 1.50 bits per heavy atom. The highest BCUT2D eigenvalue weighted by atomic mass is 16.5. The van der Waals surface area contributed by atoms with Crippen molar-refractivity contribution in [2.45, 2.75) is 251 Å². The van der Waals surface area contributed by atoms with E-state index in [9.17, 15) is 19.8 Å². The van der Waals surface area contributed by atoms with E-state index < -0.39 is 18.2 Å². The molecule has 0 aliphatic heterocycles. The summed E-state index contributed by atoms with van der Waals surface area (Å²) in [6.07, 6.45) is 47.9. The average Bonchev–Trinajstić information content (AvgIpc) is 3.16. The van der Waals surface area contributed by atoms with Crippen molar-refractivity contribution >= 4 is 11.9 Å². The van der Waals surface area contributed by atoms with Crippen LogP contribution in [0.15, 0.2) is 36.5 Å². The molecule has 0 radical (unpaired) electrons. The van der Waals surface area contributed by atoms with Gasteiger partial charge in [0.1, 0.15) is 6.10 Å². The van der Waals surface area contributed by atoms with Gasteiger partial charge in [0.15, 0.2) is 0 Å². The van der Waals surface area contributed by atoms with E-state index in [4.69, 9.17) is 4.74 Å². The summed E-state index contributed by atoms with van der Waals surface area (Å²) in [5.74, 6) is -0.498. The highest BCUT2D eigenvalue weighted by Gasteiger charge is 2.24. The molecular weight excluding hydrogens is 671 g/mol. The van der Waals surface area contributed by atoms with Gasteiger partial charge in [-0.05, 0) is 44.9 Å². The highest BCUT2D eigenvalue weighted by Crippen LogP contribution is 2.18. The number of esters is 1. The zero-order valence-electron chi connectivity index (χ0n) is 35.9. The summed E-state index contributed by atoms with van der Waals surface area (Å²) in [4.78, 5) is 25.9. The van der Waals surface area contributed by atoms with Crippen LogP contribution in [0.1, 0.15) is 233 Å². The minimum atomic E-state index is -0.786. The average molecular weight is 760 g/mol. The fourth-order valence-electron chi connectivity index (χ4n) is 7.02. The van der Waals surface area contributed by atoms with Crippen LogP contribution in [-0.4, -0.2) is 46.9 Å². The van der Waals surface area contributed by atoms with Crippen molar-refractivity contribution in [3.8, 4) is 0 Å². The Labute approximate surface area is 334 Å². The zero-order valence-corrected chi connectivity index (χ0v) is 35.9.